The zero-order valence-corrected chi connectivity index (χ0v) is 40.6. The van der Waals surface area contributed by atoms with Crippen molar-refractivity contribution in [1.82, 2.24) is 31.5 Å². The zero-order chi connectivity index (χ0) is 49.0. The molecular formula is C51H76N6O9. The Kier molecular flexibility index (Phi) is 19.1. The van der Waals surface area contributed by atoms with Gasteiger partial charge in [0.1, 0.15) is 24.2 Å². The number of aliphatic hydroxyl groups excluding tert-OH is 1. The number of hydrogen-bond acceptors (Lipinski definition) is 9. The molecule has 1 heterocycles. The van der Waals surface area contributed by atoms with Crippen LogP contribution in [0.4, 0.5) is 0 Å². The van der Waals surface area contributed by atoms with Crippen LogP contribution in [-0.4, -0.2) is 113 Å². The number of amides is 5. The van der Waals surface area contributed by atoms with Crippen molar-refractivity contribution in [3.63, 3.8) is 0 Å². The Morgan fingerprint density at radius 3 is 1.68 bits per heavy atom. The smallest absolute Gasteiger partial charge is 0.312 e. The van der Waals surface area contributed by atoms with E-state index in [1.54, 1.807) is 32.7 Å². The summed E-state index contributed by atoms with van der Waals surface area (Å²) >= 11 is 0. The third kappa shape index (κ3) is 14.7. The molecule has 1 saturated heterocycles. The molecule has 0 spiro atoms. The highest BCUT2D eigenvalue weighted by Gasteiger charge is 2.53. The molecule has 15 heteroatoms. The molecule has 2 aliphatic rings. The first-order valence-electron chi connectivity index (χ1n) is 23.7. The maximum atomic E-state index is 14.9. The Morgan fingerprint density at radius 2 is 1.23 bits per heavy atom. The highest BCUT2D eigenvalue weighted by atomic mass is 16.4. The van der Waals surface area contributed by atoms with Crippen LogP contribution in [0.15, 0.2) is 60.7 Å². The summed E-state index contributed by atoms with van der Waals surface area (Å²) in [6, 6.07) is 12.6. The number of rotatable bonds is 22. The van der Waals surface area contributed by atoms with Gasteiger partial charge in [-0.05, 0) is 79.9 Å². The number of carbonyl (C=O) groups excluding carboxylic acids is 6. The zero-order valence-electron chi connectivity index (χ0n) is 40.6. The van der Waals surface area contributed by atoms with Crippen molar-refractivity contribution in [2.45, 2.75) is 156 Å². The first kappa shape index (κ1) is 53.5. The van der Waals surface area contributed by atoms with Gasteiger partial charge in [0.05, 0.1) is 23.9 Å². The van der Waals surface area contributed by atoms with Gasteiger partial charge in [-0.15, -0.1) is 0 Å². The molecule has 0 bridgehead atoms. The van der Waals surface area contributed by atoms with Crippen LogP contribution in [0.5, 0.6) is 0 Å². The number of nitrogens with one attached hydrogen (secondary N) is 5. The van der Waals surface area contributed by atoms with E-state index in [0.717, 1.165) is 24.0 Å². The highest BCUT2D eigenvalue weighted by molar-refractivity contribution is 5.99. The van der Waals surface area contributed by atoms with Crippen LogP contribution in [0.2, 0.25) is 0 Å². The number of aliphatic hydroxyl groups is 1. The number of likely N-dealkylation sites (N-methyl/N-ethyl adjacent to an activating group) is 1. The van der Waals surface area contributed by atoms with Crippen LogP contribution in [0.1, 0.15) is 118 Å². The molecule has 2 fully saturated rings. The molecule has 6 atom stereocenters. The Hall–Kier alpha value is -5.15. The minimum absolute atomic E-state index is 0.0344. The minimum Gasteiger partial charge on any atom is -0.481 e. The van der Waals surface area contributed by atoms with Crippen LogP contribution >= 0.6 is 0 Å². The number of hydrogen-bond donors (Lipinski definition) is 7. The van der Waals surface area contributed by atoms with Crippen molar-refractivity contribution < 1.29 is 43.8 Å². The Morgan fingerprint density at radius 1 is 0.697 bits per heavy atom. The predicted molar refractivity (Wildman–Crippen MR) is 253 cm³/mol. The molecule has 1 aliphatic heterocycles. The molecule has 4 rings (SSSR count). The third-order valence-corrected chi connectivity index (χ3v) is 13.1. The van der Waals surface area contributed by atoms with E-state index in [4.69, 9.17) is 0 Å². The second kappa shape index (κ2) is 23.5. The van der Waals surface area contributed by atoms with E-state index < -0.39 is 106 Å². The highest BCUT2D eigenvalue weighted by Crippen LogP contribution is 2.42. The molecule has 5 amide bonds. The fraction of sp³-hybridized carbons (Fsp3) is 0.627. The summed E-state index contributed by atoms with van der Waals surface area (Å²) in [5.41, 5.74) is -1.42. The fourth-order valence-electron chi connectivity index (χ4n) is 9.42. The maximum Gasteiger partial charge on any atom is 0.312 e. The number of ketones is 1. The first-order valence-corrected chi connectivity index (χ1v) is 23.7. The van der Waals surface area contributed by atoms with Gasteiger partial charge in [0.25, 0.3) is 0 Å². The Balaban J connectivity index is 1.71. The quantitative estimate of drug-likeness (QED) is 0.0886. The number of carboxylic acids is 1. The number of carboxylic acid groups (broad SMARTS) is 1. The van der Waals surface area contributed by atoms with Gasteiger partial charge in [-0.1, -0.05) is 129 Å². The predicted octanol–water partition coefficient (Wildman–Crippen LogP) is 4.34. The fourth-order valence-corrected chi connectivity index (χ4v) is 9.42. The Labute approximate surface area is 391 Å². The van der Waals surface area contributed by atoms with Crippen LogP contribution in [0.25, 0.3) is 0 Å². The van der Waals surface area contributed by atoms with Crippen LogP contribution in [-0.2, 0) is 46.4 Å². The first-order chi connectivity index (χ1) is 31.0. The summed E-state index contributed by atoms with van der Waals surface area (Å²) in [6.45, 7) is 15.6. The van der Waals surface area contributed by atoms with Gasteiger partial charge in [0.2, 0.25) is 29.5 Å². The molecular weight excluding hydrogens is 841 g/mol. The third-order valence-electron chi connectivity index (χ3n) is 13.1. The minimum atomic E-state index is -1.79. The van der Waals surface area contributed by atoms with E-state index in [1.807, 2.05) is 95.3 Å². The number of nitrogens with zero attached hydrogens (tertiary/aromatic N) is 1. The van der Waals surface area contributed by atoms with Gasteiger partial charge >= 0.3 is 5.97 Å². The summed E-state index contributed by atoms with van der Waals surface area (Å²) in [6.07, 6.45) is 1.05. The normalized spacial score (nSPS) is 17.8. The number of likely N-dealkylation sites (tertiary alicyclic amines) is 1. The number of carbonyl (C=O) groups is 7. The van der Waals surface area contributed by atoms with Crippen molar-refractivity contribution in [2.24, 2.45) is 28.1 Å². The number of aliphatic carboxylic acids is 1. The molecule has 0 radical (unpaired) electrons. The summed E-state index contributed by atoms with van der Waals surface area (Å²) in [7, 11) is 1.64. The van der Waals surface area contributed by atoms with Gasteiger partial charge in [0.15, 0.2) is 5.78 Å². The van der Waals surface area contributed by atoms with Gasteiger partial charge < -0.3 is 41.7 Å². The standard InChI is InChI=1S/C51H76N6O9/c1-32(2)39(52-9)45(62)55-42(50(6,7)8)46(63)53-36(30-38(58)57-26-18-19-27-57)44(61)56-43(51(48(65)66)24-16-17-25-51)47(64)54-37(31-49(3,4)5)41(60)40(59)35(28-33-20-12-10-13-21-33)29-34-22-14-11-15-23-34/h10-15,20-23,32,35-37,39,41-43,52,60H,16-19,24-31H2,1-9H3,(H,53,63)(H,54,64)(H,55,62)(H,56,61)(H,65,66)/t36-,37-,39-,41?,42+,43+/m0/s1. The van der Waals surface area contributed by atoms with Gasteiger partial charge in [-0.3, -0.25) is 33.6 Å². The molecule has 0 aromatic heterocycles. The van der Waals surface area contributed by atoms with Crippen molar-refractivity contribution in [3.8, 4) is 0 Å². The average molecular weight is 917 g/mol. The lowest BCUT2D eigenvalue weighted by Crippen LogP contribution is -2.65. The maximum absolute atomic E-state index is 14.9. The van der Waals surface area contributed by atoms with Crippen molar-refractivity contribution in [3.05, 3.63) is 71.8 Å². The molecule has 2 aromatic carbocycles. The summed E-state index contributed by atoms with van der Waals surface area (Å²) < 4.78 is 0. The molecule has 1 aliphatic carbocycles. The van der Waals surface area contributed by atoms with E-state index in [2.05, 4.69) is 26.6 Å². The van der Waals surface area contributed by atoms with Crippen LogP contribution in [0, 0.1) is 28.1 Å². The molecule has 1 unspecified atom stereocenters. The van der Waals surface area contributed by atoms with E-state index in [1.165, 1.54) is 0 Å². The summed E-state index contributed by atoms with van der Waals surface area (Å²) in [5.74, 6) is -6.10. The molecule has 2 aromatic rings. The van der Waals surface area contributed by atoms with Crippen molar-refractivity contribution >= 4 is 41.3 Å². The molecule has 364 valence electrons. The second-order valence-electron chi connectivity index (χ2n) is 21.1. The van der Waals surface area contributed by atoms with Gasteiger partial charge in [-0.25, -0.2) is 0 Å². The van der Waals surface area contributed by atoms with Gasteiger partial charge in [-0.2, -0.15) is 0 Å². The van der Waals surface area contributed by atoms with Gasteiger partial charge in [0, 0.05) is 19.0 Å². The van der Waals surface area contributed by atoms with Crippen molar-refractivity contribution in [1.29, 1.82) is 0 Å². The summed E-state index contributed by atoms with van der Waals surface area (Å²) in [5, 5.41) is 37.0. The Bertz CT molecular complexity index is 1930. The van der Waals surface area contributed by atoms with E-state index >= 15 is 0 Å². The topological polar surface area (TPSA) is 223 Å². The summed E-state index contributed by atoms with van der Waals surface area (Å²) in [4.78, 5) is 101. The number of benzene rings is 2. The lowest BCUT2D eigenvalue weighted by molar-refractivity contribution is -0.155. The lowest BCUT2D eigenvalue weighted by atomic mass is 9.77. The van der Waals surface area contributed by atoms with Crippen molar-refractivity contribution in [2.75, 3.05) is 20.1 Å². The SMILES string of the molecule is CN[C@H](C(=O)N[C@H](C(=O)N[C@@H](CC(=O)N1CCCC1)C(=O)N[C@H](C(=O)N[C@@H](CC(C)(C)C)C(O)C(=O)C(Cc1ccccc1)Cc1ccccc1)C1(C(=O)O)CCCC1)C(C)(C)C)C(C)C. The van der Waals surface area contributed by atoms with E-state index in [0.29, 0.717) is 38.8 Å². The molecule has 7 N–H and O–H groups in total. The average Bonchev–Trinajstić information content (AvgIpc) is 3.98. The number of Topliss-reactive ketones (excluding diaryl/α,β-unsaturated/α-hetero) is 1. The lowest BCUT2D eigenvalue weighted by Gasteiger charge is -2.37. The van der Waals surface area contributed by atoms with Crippen LogP contribution in [0.3, 0.4) is 0 Å². The second-order valence-corrected chi connectivity index (χ2v) is 21.1. The molecule has 15 nitrogen and oxygen atoms in total. The van der Waals surface area contributed by atoms with E-state index in [-0.39, 0.29) is 25.2 Å². The van der Waals surface area contributed by atoms with E-state index in [9.17, 15) is 43.8 Å². The monoisotopic (exact) mass is 917 g/mol. The van der Waals surface area contributed by atoms with Crippen LogP contribution < -0.4 is 26.6 Å². The molecule has 1 saturated carbocycles. The molecule has 66 heavy (non-hydrogen) atoms. The largest absolute Gasteiger partial charge is 0.481 e.